The van der Waals surface area contributed by atoms with Gasteiger partial charge in [-0.15, -0.1) is 10.2 Å². The van der Waals surface area contributed by atoms with Crippen LogP contribution in [0.1, 0.15) is 0 Å². The summed E-state index contributed by atoms with van der Waals surface area (Å²) in [6.45, 7) is 0. The van der Waals surface area contributed by atoms with Crippen LogP contribution < -0.4 is 5.01 Å². The molecule has 5 heteroatoms. The standard InChI is InChI=1S/C11H9N.C8H10N4/c1-2-6-10(7-3-1)11-8-4-5-9-12-11;1-11(2)12-9-7-5-3-4-6-8(7)10-12/h1-9H;3-6H,1-2H3. The van der Waals surface area contributed by atoms with Crippen molar-refractivity contribution in [2.24, 2.45) is 0 Å². The highest BCUT2D eigenvalue weighted by Gasteiger charge is 2.00. The van der Waals surface area contributed by atoms with Crippen LogP contribution in [0.5, 0.6) is 0 Å². The summed E-state index contributed by atoms with van der Waals surface area (Å²) in [4.78, 5) is 5.82. The maximum atomic E-state index is 4.25. The molecule has 2 aromatic heterocycles. The van der Waals surface area contributed by atoms with Gasteiger partial charge in [0.15, 0.2) is 0 Å². The van der Waals surface area contributed by atoms with E-state index >= 15 is 0 Å². The Morgan fingerprint density at radius 1 is 0.708 bits per heavy atom. The van der Waals surface area contributed by atoms with Gasteiger partial charge in [0.2, 0.25) is 0 Å². The van der Waals surface area contributed by atoms with Crippen molar-refractivity contribution < 1.29 is 0 Å². The number of hydrogen-bond donors (Lipinski definition) is 0. The molecule has 0 saturated carbocycles. The largest absolute Gasteiger partial charge is 0.286 e. The molecule has 0 spiro atoms. The Morgan fingerprint density at radius 2 is 1.29 bits per heavy atom. The highest BCUT2D eigenvalue weighted by atomic mass is 15.7. The minimum absolute atomic E-state index is 0.922. The molecular formula is C19H19N5. The van der Waals surface area contributed by atoms with Gasteiger partial charge in [0.25, 0.3) is 0 Å². The first-order chi connectivity index (χ1) is 11.7. The van der Waals surface area contributed by atoms with Crippen LogP contribution in [0, 0.1) is 0 Å². The molecule has 0 aliphatic carbocycles. The Hall–Kier alpha value is -3.21. The number of fused-ring (bicyclic) bond motifs is 1. The molecule has 4 rings (SSSR count). The number of pyridine rings is 1. The molecule has 0 saturated heterocycles. The third kappa shape index (κ3) is 3.76. The summed E-state index contributed by atoms with van der Waals surface area (Å²) in [5.41, 5.74) is 4.04. The van der Waals surface area contributed by atoms with Gasteiger partial charge in [-0.25, -0.2) is 0 Å². The van der Waals surface area contributed by atoms with Crippen molar-refractivity contribution in [2.45, 2.75) is 0 Å². The topological polar surface area (TPSA) is 46.8 Å². The molecule has 120 valence electrons. The Morgan fingerprint density at radius 3 is 1.83 bits per heavy atom. The van der Waals surface area contributed by atoms with Crippen molar-refractivity contribution in [1.82, 2.24) is 20.1 Å². The van der Waals surface area contributed by atoms with Crippen molar-refractivity contribution in [3.05, 3.63) is 79.0 Å². The van der Waals surface area contributed by atoms with Crippen molar-refractivity contribution in [3.63, 3.8) is 0 Å². The van der Waals surface area contributed by atoms with Gasteiger partial charge in [-0.2, -0.15) is 0 Å². The molecule has 0 bridgehead atoms. The van der Waals surface area contributed by atoms with Crippen LogP contribution >= 0.6 is 0 Å². The average Bonchev–Trinajstić information content (AvgIpc) is 3.08. The summed E-state index contributed by atoms with van der Waals surface area (Å²) in [6, 6.07) is 23.9. The zero-order chi connectivity index (χ0) is 16.8. The molecule has 2 aromatic carbocycles. The first-order valence-corrected chi connectivity index (χ1v) is 7.70. The van der Waals surface area contributed by atoms with Crippen LogP contribution in [-0.4, -0.2) is 34.2 Å². The average molecular weight is 317 g/mol. The molecule has 0 unspecified atom stereocenters. The SMILES string of the molecule is CN(C)n1nc2ccccc2n1.c1ccc(-c2ccccn2)cc1. The lowest BCUT2D eigenvalue weighted by atomic mass is 10.1. The fraction of sp³-hybridized carbons (Fsp3) is 0.105. The second-order valence-corrected chi connectivity index (χ2v) is 5.39. The van der Waals surface area contributed by atoms with E-state index < -0.39 is 0 Å². The Bertz CT molecular complexity index is 815. The number of hydrogen-bond acceptors (Lipinski definition) is 4. The maximum Gasteiger partial charge on any atom is 0.115 e. The van der Waals surface area contributed by atoms with E-state index in [1.807, 2.05) is 86.0 Å². The van der Waals surface area contributed by atoms with E-state index in [2.05, 4.69) is 27.3 Å². The van der Waals surface area contributed by atoms with Gasteiger partial charge in [-0.05, 0) is 24.3 Å². The summed E-state index contributed by atoms with van der Waals surface area (Å²) < 4.78 is 0. The Labute approximate surface area is 141 Å². The molecule has 0 N–H and O–H groups in total. The van der Waals surface area contributed by atoms with Gasteiger partial charge in [0.05, 0.1) is 5.69 Å². The lowest BCUT2D eigenvalue weighted by Gasteiger charge is -2.07. The predicted octanol–water partition coefficient (Wildman–Crippen LogP) is 3.38. The monoisotopic (exact) mass is 317 g/mol. The van der Waals surface area contributed by atoms with Crippen molar-refractivity contribution >= 4 is 11.0 Å². The minimum atomic E-state index is 0.922. The summed E-state index contributed by atoms with van der Waals surface area (Å²) >= 11 is 0. The molecule has 24 heavy (non-hydrogen) atoms. The third-order valence-corrected chi connectivity index (χ3v) is 3.37. The normalized spacial score (nSPS) is 10.1. The van der Waals surface area contributed by atoms with E-state index in [1.165, 1.54) is 0 Å². The molecule has 4 aromatic rings. The Kier molecular flexibility index (Phi) is 4.81. The summed E-state index contributed by atoms with van der Waals surface area (Å²) in [5, 5.41) is 10.3. The second-order valence-electron chi connectivity index (χ2n) is 5.39. The van der Waals surface area contributed by atoms with E-state index in [-0.39, 0.29) is 0 Å². The van der Waals surface area contributed by atoms with Crippen molar-refractivity contribution in [2.75, 3.05) is 19.1 Å². The zero-order valence-electron chi connectivity index (χ0n) is 13.7. The summed E-state index contributed by atoms with van der Waals surface area (Å²) in [5.74, 6) is 0. The molecule has 0 aliphatic heterocycles. The maximum absolute atomic E-state index is 4.25. The van der Waals surface area contributed by atoms with Crippen LogP contribution in [0.4, 0.5) is 0 Å². The smallest absolute Gasteiger partial charge is 0.115 e. The van der Waals surface area contributed by atoms with Gasteiger partial charge in [0, 0.05) is 25.9 Å². The molecule has 5 nitrogen and oxygen atoms in total. The highest BCUT2D eigenvalue weighted by molar-refractivity contribution is 5.73. The molecule has 0 amide bonds. The van der Waals surface area contributed by atoms with Crippen LogP contribution in [0.25, 0.3) is 22.3 Å². The van der Waals surface area contributed by atoms with Crippen LogP contribution in [0.3, 0.4) is 0 Å². The highest BCUT2D eigenvalue weighted by Crippen LogP contribution is 2.14. The first kappa shape index (κ1) is 15.7. The summed E-state index contributed by atoms with van der Waals surface area (Å²) in [6.07, 6.45) is 1.81. The van der Waals surface area contributed by atoms with Crippen LogP contribution in [0.2, 0.25) is 0 Å². The van der Waals surface area contributed by atoms with Gasteiger partial charge in [0.1, 0.15) is 11.0 Å². The second kappa shape index (κ2) is 7.37. The fourth-order valence-corrected chi connectivity index (χ4v) is 2.17. The minimum Gasteiger partial charge on any atom is -0.286 e. The Balaban J connectivity index is 0.000000141. The van der Waals surface area contributed by atoms with Crippen molar-refractivity contribution in [3.8, 4) is 11.3 Å². The number of nitrogens with zero attached hydrogens (tertiary/aromatic N) is 5. The van der Waals surface area contributed by atoms with E-state index in [1.54, 1.807) is 4.91 Å². The molecule has 0 radical (unpaired) electrons. The van der Waals surface area contributed by atoms with E-state index in [4.69, 9.17) is 0 Å². The molecular weight excluding hydrogens is 298 g/mol. The number of aromatic nitrogens is 4. The molecule has 0 atom stereocenters. The first-order valence-electron chi connectivity index (χ1n) is 7.70. The lowest BCUT2D eigenvalue weighted by molar-refractivity contribution is 0.563. The van der Waals surface area contributed by atoms with Gasteiger partial charge in [-0.1, -0.05) is 53.4 Å². The molecule has 0 aliphatic rings. The van der Waals surface area contributed by atoms with Crippen LogP contribution in [-0.2, 0) is 0 Å². The molecule has 0 fully saturated rings. The van der Waals surface area contributed by atoms with Crippen molar-refractivity contribution in [1.29, 1.82) is 0 Å². The summed E-state index contributed by atoms with van der Waals surface area (Å²) in [7, 11) is 3.80. The van der Waals surface area contributed by atoms with Gasteiger partial charge < -0.3 is 0 Å². The van der Waals surface area contributed by atoms with E-state index in [0.717, 1.165) is 22.3 Å². The van der Waals surface area contributed by atoms with Gasteiger partial charge in [-0.3, -0.25) is 9.99 Å². The predicted molar refractivity (Wildman–Crippen MR) is 97.3 cm³/mol. The van der Waals surface area contributed by atoms with E-state index in [0.29, 0.717) is 0 Å². The fourth-order valence-electron chi connectivity index (χ4n) is 2.17. The van der Waals surface area contributed by atoms with Crippen LogP contribution in [0.15, 0.2) is 79.0 Å². The van der Waals surface area contributed by atoms with Gasteiger partial charge >= 0.3 is 0 Å². The zero-order valence-corrected chi connectivity index (χ0v) is 13.7. The third-order valence-electron chi connectivity index (χ3n) is 3.37. The molecule has 2 heterocycles. The number of benzene rings is 2. The number of rotatable bonds is 2. The van der Waals surface area contributed by atoms with E-state index in [9.17, 15) is 0 Å². The quantitative estimate of drug-likeness (QED) is 0.568. The lowest BCUT2D eigenvalue weighted by Crippen LogP contribution is -2.27.